The zero-order chi connectivity index (χ0) is 16.3. The minimum absolute atomic E-state index is 0.224. The fraction of sp³-hybridized carbons (Fsp3) is 0.188. The maximum Gasteiger partial charge on any atom is 0.269 e. The summed E-state index contributed by atoms with van der Waals surface area (Å²) in [5.74, 6) is 0. The second-order valence-electron chi connectivity index (χ2n) is 4.46. The van der Waals surface area contributed by atoms with Crippen molar-refractivity contribution < 1.29 is 8.42 Å². The van der Waals surface area contributed by atoms with Crippen LogP contribution in [0, 0.1) is 6.92 Å². The van der Waals surface area contributed by atoms with E-state index in [-0.39, 0.29) is 4.90 Å². The topological polar surface area (TPSA) is 52.0 Å². The fourth-order valence-corrected chi connectivity index (χ4v) is 3.51. The Hall–Kier alpha value is -1.85. The average Bonchev–Trinajstić information content (AvgIpc) is 2.96. The second kappa shape index (κ2) is 6.50. The molecule has 1 aromatic carbocycles. The molecule has 2 aromatic heterocycles. The maximum absolute atomic E-state index is 12.6. The third-order valence-corrected chi connectivity index (χ3v) is 5.09. The summed E-state index contributed by atoms with van der Waals surface area (Å²) in [4.78, 5) is 4.34. The van der Waals surface area contributed by atoms with Gasteiger partial charge in [0, 0.05) is 17.8 Å². The van der Waals surface area contributed by atoms with Crippen LogP contribution in [0.3, 0.4) is 0 Å². The number of aryl methyl sites for hydroxylation is 1. The highest BCUT2D eigenvalue weighted by Gasteiger charge is 2.20. The molecule has 2 heterocycles. The summed E-state index contributed by atoms with van der Waals surface area (Å²) in [5, 5.41) is 1.10. The molecule has 3 aromatic rings. The van der Waals surface area contributed by atoms with E-state index in [2.05, 4.69) is 4.98 Å². The molecule has 4 nitrogen and oxygen atoms in total. The van der Waals surface area contributed by atoms with E-state index < -0.39 is 10.0 Å². The number of rotatable bonds is 2. The Bertz CT molecular complexity index is 884. The summed E-state index contributed by atoms with van der Waals surface area (Å²) < 4.78 is 26.4. The predicted molar refractivity (Wildman–Crippen MR) is 89.9 cm³/mol. The molecule has 0 aliphatic carbocycles. The van der Waals surface area contributed by atoms with E-state index in [1.54, 1.807) is 36.4 Å². The first-order valence-corrected chi connectivity index (χ1v) is 8.76. The molecule has 3 rings (SSSR count). The van der Waals surface area contributed by atoms with Crippen molar-refractivity contribution in [3.63, 3.8) is 0 Å². The standard InChI is InChI=1S/C14H11ClN2O2S.C2H6/c1-10-2-4-11(5-3-10)20(18,19)17-9-7-12-13(15)6-8-16-14(12)17;1-2/h2-9H,1H3;1-2H3. The van der Waals surface area contributed by atoms with Gasteiger partial charge in [-0.1, -0.05) is 43.1 Å². The smallest absolute Gasteiger partial charge is 0.237 e. The lowest BCUT2D eigenvalue weighted by Gasteiger charge is -2.07. The van der Waals surface area contributed by atoms with Crippen molar-refractivity contribution >= 4 is 32.7 Å². The molecule has 0 unspecified atom stereocenters. The van der Waals surface area contributed by atoms with Gasteiger partial charge in [0.25, 0.3) is 10.0 Å². The van der Waals surface area contributed by atoms with Crippen LogP contribution in [0.25, 0.3) is 11.0 Å². The van der Waals surface area contributed by atoms with Crippen LogP contribution in [0.15, 0.2) is 53.7 Å². The quantitative estimate of drug-likeness (QED) is 0.702. The molecule has 0 radical (unpaired) electrons. The van der Waals surface area contributed by atoms with E-state index in [9.17, 15) is 8.42 Å². The van der Waals surface area contributed by atoms with Crippen molar-refractivity contribution in [2.45, 2.75) is 25.7 Å². The Morgan fingerprint density at radius 1 is 1.05 bits per heavy atom. The van der Waals surface area contributed by atoms with E-state index in [4.69, 9.17) is 11.6 Å². The molecule has 0 fully saturated rings. The fourth-order valence-electron chi connectivity index (χ4n) is 2.00. The first kappa shape index (κ1) is 16.5. The molecule has 0 aliphatic heterocycles. The van der Waals surface area contributed by atoms with Gasteiger partial charge in [0.1, 0.15) is 0 Å². The minimum Gasteiger partial charge on any atom is -0.237 e. The Kier molecular flexibility index (Phi) is 4.88. The first-order chi connectivity index (χ1) is 10.5. The Labute approximate surface area is 135 Å². The minimum atomic E-state index is -3.66. The molecule has 0 N–H and O–H groups in total. The van der Waals surface area contributed by atoms with Gasteiger partial charge in [-0.15, -0.1) is 0 Å². The van der Waals surface area contributed by atoms with Crippen molar-refractivity contribution in [2.75, 3.05) is 0 Å². The SMILES string of the molecule is CC.Cc1ccc(S(=O)(=O)n2ccc3c(Cl)ccnc32)cc1. The molecular weight excluding hydrogens is 320 g/mol. The molecule has 0 atom stereocenters. The van der Waals surface area contributed by atoms with Gasteiger partial charge < -0.3 is 0 Å². The van der Waals surface area contributed by atoms with E-state index in [0.717, 1.165) is 9.54 Å². The van der Waals surface area contributed by atoms with Crippen LogP contribution in [0.4, 0.5) is 0 Å². The predicted octanol–water partition coefficient (Wildman–Crippen LogP) is 4.26. The number of fused-ring (bicyclic) bond motifs is 1. The van der Waals surface area contributed by atoms with Gasteiger partial charge >= 0.3 is 0 Å². The van der Waals surface area contributed by atoms with Crippen molar-refractivity contribution in [1.29, 1.82) is 0 Å². The van der Waals surface area contributed by atoms with E-state index >= 15 is 0 Å². The van der Waals surface area contributed by atoms with E-state index in [0.29, 0.717) is 16.1 Å². The number of halogens is 1. The summed E-state index contributed by atoms with van der Waals surface area (Å²) in [6, 6.07) is 9.98. The second-order valence-corrected chi connectivity index (χ2v) is 6.68. The maximum atomic E-state index is 12.6. The Morgan fingerprint density at radius 2 is 1.68 bits per heavy atom. The van der Waals surface area contributed by atoms with Gasteiger partial charge in [-0.05, 0) is 31.2 Å². The normalized spacial score (nSPS) is 11.1. The molecule has 116 valence electrons. The van der Waals surface area contributed by atoms with E-state index in [1.807, 2.05) is 20.8 Å². The molecule has 0 saturated heterocycles. The highest BCUT2D eigenvalue weighted by atomic mass is 35.5. The van der Waals surface area contributed by atoms with E-state index in [1.165, 1.54) is 12.4 Å². The lowest BCUT2D eigenvalue weighted by atomic mass is 10.2. The number of nitrogens with zero attached hydrogens (tertiary/aromatic N) is 2. The van der Waals surface area contributed by atoms with Crippen LogP contribution >= 0.6 is 11.6 Å². The molecule has 6 heteroatoms. The third kappa shape index (κ3) is 2.87. The summed E-state index contributed by atoms with van der Waals surface area (Å²) in [5.41, 5.74) is 1.33. The zero-order valence-electron chi connectivity index (χ0n) is 12.6. The van der Waals surface area contributed by atoms with Gasteiger partial charge in [0.05, 0.1) is 9.92 Å². The molecule has 22 heavy (non-hydrogen) atoms. The summed E-state index contributed by atoms with van der Waals surface area (Å²) in [6.07, 6.45) is 2.96. The monoisotopic (exact) mass is 336 g/mol. The Balaban J connectivity index is 0.000000847. The number of hydrogen-bond donors (Lipinski definition) is 0. The lowest BCUT2D eigenvalue weighted by Crippen LogP contribution is -2.12. The Morgan fingerprint density at radius 3 is 2.32 bits per heavy atom. The van der Waals surface area contributed by atoms with Crippen LogP contribution < -0.4 is 0 Å². The summed E-state index contributed by atoms with van der Waals surface area (Å²) in [6.45, 7) is 5.91. The molecule has 0 saturated carbocycles. The number of pyridine rings is 1. The van der Waals surface area contributed by atoms with Crippen molar-refractivity contribution in [3.05, 3.63) is 59.4 Å². The number of benzene rings is 1. The highest BCUT2D eigenvalue weighted by Crippen LogP contribution is 2.25. The van der Waals surface area contributed by atoms with Crippen molar-refractivity contribution in [1.82, 2.24) is 8.96 Å². The van der Waals surface area contributed by atoms with Gasteiger partial charge in [0.15, 0.2) is 5.65 Å². The number of hydrogen-bond acceptors (Lipinski definition) is 3. The van der Waals surface area contributed by atoms with Crippen LogP contribution in [0.2, 0.25) is 5.02 Å². The van der Waals surface area contributed by atoms with Gasteiger partial charge in [0.2, 0.25) is 0 Å². The van der Waals surface area contributed by atoms with Gasteiger partial charge in [-0.2, -0.15) is 0 Å². The summed E-state index contributed by atoms with van der Waals surface area (Å²) >= 11 is 6.04. The average molecular weight is 337 g/mol. The van der Waals surface area contributed by atoms with Crippen LogP contribution in [-0.4, -0.2) is 17.4 Å². The largest absolute Gasteiger partial charge is 0.269 e. The molecule has 0 amide bonds. The first-order valence-electron chi connectivity index (χ1n) is 6.94. The van der Waals surface area contributed by atoms with Gasteiger partial charge in [-0.3, -0.25) is 0 Å². The van der Waals surface area contributed by atoms with Crippen LogP contribution in [0.5, 0.6) is 0 Å². The van der Waals surface area contributed by atoms with Crippen LogP contribution in [-0.2, 0) is 10.0 Å². The van der Waals surface area contributed by atoms with Crippen LogP contribution in [0.1, 0.15) is 19.4 Å². The van der Waals surface area contributed by atoms with Crippen molar-refractivity contribution in [3.8, 4) is 0 Å². The molecule has 0 bridgehead atoms. The van der Waals surface area contributed by atoms with Gasteiger partial charge in [-0.25, -0.2) is 17.4 Å². The molecular formula is C16H17ClN2O2S. The summed E-state index contributed by atoms with van der Waals surface area (Å²) in [7, 11) is -3.66. The molecule has 0 spiro atoms. The van der Waals surface area contributed by atoms with Crippen molar-refractivity contribution in [2.24, 2.45) is 0 Å². The highest BCUT2D eigenvalue weighted by molar-refractivity contribution is 7.90. The lowest BCUT2D eigenvalue weighted by molar-refractivity contribution is 0.589. The molecule has 0 aliphatic rings. The third-order valence-electron chi connectivity index (χ3n) is 3.08. The number of aromatic nitrogens is 2. The zero-order valence-corrected chi connectivity index (χ0v) is 14.2.